The van der Waals surface area contributed by atoms with E-state index < -0.39 is 0 Å². The van der Waals surface area contributed by atoms with Gasteiger partial charge in [-0.1, -0.05) is 30.3 Å². The van der Waals surface area contributed by atoms with Crippen molar-refractivity contribution < 1.29 is 18.8 Å². The van der Waals surface area contributed by atoms with E-state index in [2.05, 4.69) is 26.1 Å². The summed E-state index contributed by atoms with van der Waals surface area (Å²) < 4.78 is 16.4. The average Bonchev–Trinajstić information content (AvgIpc) is 2.74. The highest BCUT2D eigenvalue weighted by Crippen LogP contribution is 2.30. The Bertz CT molecular complexity index is 1280. The summed E-state index contributed by atoms with van der Waals surface area (Å²) >= 11 is 0. The molecule has 5 heteroatoms. The van der Waals surface area contributed by atoms with Gasteiger partial charge in [0.1, 0.15) is 18.7 Å². The summed E-state index contributed by atoms with van der Waals surface area (Å²) in [5.41, 5.74) is 3.64. The molecule has 0 fully saturated rings. The zero-order valence-corrected chi connectivity index (χ0v) is 17.7. The minimum Gasteiger partial charge on any atom is -0.493 e. The molecule has 5 nitrogen and oxygen atoms in total. The molecule has 0 aliphatic rings. The highest BCUT2D eigenvalue weighted by molar-refractivity contribution is 6.06. The van der Waals surface area contributed by atoms with E-state index >= 15 is 0 Å². The number of nitrogens with one attached hydrogen (secondary N) is 1. The zero-order valence-electron chi connectivity index (χ0n) is 17.7. The molecule has 1 aromatic heterocycles. The molecule has 154 valence electrons. The third kappa shape index (κ3) is 3.76. The van der Waals surface area contributed by atoms with Crippen LogP contribution in [0.15, 0.2) is 63.8 Å². The Morgan fingerprint density at radius 3 is 2.37 bits per heavy atom. The Kier molecular flexibility index (Phi) is 5.46. The molecule has 0 aliphatic heterocycles. The third-order valence-corrected chi connectivity index (χ3v) is 5.54. The van der Waals surface area contributed by atoms with Gasteiger partial charge < -0.3 is 18.8 Å². The molecule has 0 saturated carbocycles. The van der Waals surface area contributed by atoms with Gasteiger partial charge in [-0.3, -0.25) is 0 Å². The second-order valence-corrected chi connectivity index (χ2v) is 7.69. The molecule has 0 saturated heterocycles. The van der Waals surface area contributed by atoms with Crippen molar-refractivity contribution in [3.63, 3.8) is 0 Å². The van der Waals surface area contributed by atoms with Crippen molar-refractivity contribution >= 4 is 21.7 Å². The minimum atomic E-state index is -0.317. The number of quaternary nitrogens is 1. The molecular formula is C25H26NO4+. The maximum atomic E-state index is 12.2. The molecule has 0 spiro atoms. The number of fused-ring (bicyclic) bond motifs is 3. The lowest BCUT2D eigenvalue weighted by molar-refractivity contribution is -0.907. The maximum absolute atomic E-state index is 12.2. The van der Waals surface area contributed by atoms with Gasteiger partial charge in [0.15, 0.2) is 11.5 Å². The van der Waals surface area contributed by atoms with Gasteiger partial charge in [-0.25, -0.2) is 4.79 Å². The summed E-state index contributed by atoms with van der Waals surface area (Å²) in [6, 6.07) is 17.7. The van der Waals surface area contributed by atoms with Crippen LogP contribution < -0.4 is 20.0 Å². The Morgan fingerprint density at radius 1 is 0.900 bits per heavy atom. The first-order valence-electron chi connectivity index (χ1n) is 9.97. The number of benzene rings is 3. The van der Waals surface area contributed by atoms with E-state index in [0.717, 1.165) is 45.3 Å². The van der Waals surface area contributed by atoms with Gasteiger partial charge in [0.05, 0.1) is 21.3 Å². The second kappa shape index (κ2) is 8.20. The summed E-state index contributed by atoms with van der Waals surface area (Å²) in [6.07, 6.45) is 0. The summed E-state index contributed by atoms with van der Waals surface area (Å²) in [5, 5.41) is 3.24. The predicted molar refractivity (Wildman–Crippen MR) is 119 cm³/mol. The number of aryl methyl sites for hydroxylation is 1. The first-order chi connectivity index (χ1) is 14.5. The average molecular weight is 404 g/mol. The van der Waals surface area contributed by atoms with Crippen LogP contribution in [0.25, 0.3) is 21.7 Å². The number of rotatable bonds is 6. The zero-order chi connectivity index (χ0) is 21.3. The molecular weight excluding hydrogens is 378 g/mol. The van der Waals surface area contributed by atoms with Crippen LogP contribution in [0, 0.1) is 6.92 Å². The van der Waals surface area contributed by atoms with Crippen molar-refractivity contribution in [2.24, 2.45) is 0 Å². The molecule has 4 rings (SSSR count). The van der Waals surface area contributed by atoms with E-state index in [0.29, 0.717) is 12.1 Å². The molecule has 1 heterocycles. The molecule has 0 amide bonds. The standard InChI is InChI=1S/C25H25NO4/c1-16-11-22(28-3)23(29-4)12-18(16)14-26(2)15-19-13-24(27)30-21-10-9-17-7-5-6-8-20(17)25(19)21/h5-13H,14-15H2,1-4H3/p+1. The summed E-state index contributed by atoms with van der Waals surface area (Å²) in [5.74, 6) is 1.46. The third-order valence-electron chi connectivity index (χ3n) is 5.54. The van der Waals surface area contributed by atoms with E-state index in [1.54, 1.807) is 20.3 Å². The first kappa shape index (κ1) is 20.0. The fourth-order valence-corrected chi connectivity index (χ4v) is 4.09. The monoisotopic (exact) mass is 404 g/mol. The molecule has 3 aromatic carbocycles. The van der Waals surface area contributed by atoms with Gasteiger partial charge in [0.2, 0.25) is 0 Å². The maximum Gasteiger partial charge on any atom is 0.336 e. The van der Waals surface area contributed by atoms with E-state index in [1.165, 1.54) is 10.5 Å². The number of hydrogen-bond acceptors (Lipinski definition) is 4. The van der Waals surface area contributed by atoms with E-state index in [9.17, 15) is 4.79 Å². The largest absolute Gasteiger partial charge is 0.493 e. The van der Waals surface area contributed by atoms with Crippen LogP contribution in [-0.4, -0.2) is 21.3 Å². The van der Waals surface area contributed by atoms with Gasteiger partial charge in [0, 0.05) is 22.6 Å². The lowest BCUT2D eigenvalue weighted by Gasteiger charge is -2.18. The van der Waals surface area contributed by atoms with Gasteiger partial charge in [-0.15, -0.1) is 0 Å². The lowest BCUT2D eigenvalue weighted by atomic mass is 10.0. The quantitative estimate of drug-likeness (QED) is 0.395. The topological polar surface area (TPSA) is 53.1 Å². The molecule has 0 aliphatic carbocycles. The van der Waals surface area contributed by atoms with Gasteiger partial charge in [-0.05, 0) is 41.5 Å². The molecule has 1 atom stereocenters. The minimum absolute atomic E-state index is 0.317. The smallest absolute Gasteiger partial charge is 0.336 e. The fraction of sp³-hybridized carbons (Fsp3) is 0.240. The summed E-state index contributed by atoms with van der Waals surface area (Å²) in [6.45, 7) is 3.56. The molecule has 1 N–H and O–H groups in total. The molecule has 0 radical (unpaired) electrons. The van der Waals surface area contributed by atoms with Crippen molar-refractivity contribution in [3.05, 3.63) is 81.7 Å². The molecule has 1 unspecified atom stereocenters. The Morgan fingerprint density at radius 2 is 1.60 bits per heavy atom. The van der Waals surface area contributed by atoms with E-state index in [4.69, 9.17) is 13.9 Å². The van der Waals surface area contributed by atoms with E-state index in [-0.39, 0.29) is 5.63 Å². The van der Waals surface area contributed by atoms with Gasteiger partial charge in [-0.2, -0.15) is 0 Å². The van der Waals surface area contributed by atoms with Crippen LogP contribution in [0.3, 0.4) is 0 Å². The molecule has 4 aromatic rings. The number of hydrogen-bond donors (Lipinski definition) is 1. The normalized spacial score (nSPS) is 12.3. The highest BCUT2D eigenvalue weighted by Gasteiger charge is 2.16. The van der Waals surface area contributed by atoms with Crippen LogP contribution in [0.2, 0.25) is 0 Å². The molecule has 30 heavy (non-hydrogen) atoms. The van der Waals surface area contributed by atoms with Crippen LogP contribution in [0.4, 0.5) is 0 Å². The van der Waals surface area contributed by atoms with Crippen molar-refractivity contribution in [1.29, 1.82) is 0 Å². The lowest BCUT2D eigenvalue weighted by Crippen LogP contribution is -3.06. The number of methoxy groups -OCH3 is 2. The van der Waals surface area contributed by atoms with Crippen molar-refractivity contribution in [2.75, 3.05) is 21.3 Å². The van der Waals surface area contributed by atoms with Crippen LogP contribution in [0.1, 0.15) is 16.7 Å². The summed E-state index contributed by atoms with van der Waals surface area (Å²) in [7, 11) is 5.42. The molecule has 0 bridgehead atoms. The Balaban J connectivity index is 1.71. The number of ether oxygens (including phenoxy) is 2. The van der Waals surface area contributed by atoms with Crippen LogP contribution in [-0.2, 0) is 13.1 Å². The SMILES string of the molecule is COc1cc(C)c(C[NH+](C)Cc2cc(=O)oc3ccc4ccccc4c23)cc1OC. The van der Waals surface area contributed by atoms with Crippen molar-refractivity contribution in [1.82, 2.24) is 0 Å². The van der Waals surface area contributed by atoms with Crippen LogP contribution in [0.5, 0.6) is 11.5 Å². The van der Waals surface area contributed by atoms with Crippen molar-refractivity contribution in [2.45, 2.75) is 20.0 Å². The fourth-order valence-electron chi connectivity index (χ4n) is 4.09. The van der Waals surface area contributed by atoms with Crippen LogP contribution >= 0.6 is 0 Å². The van der Waals surface area contributed by atoms with Gasteiger partial charge in [0.25, 0.3) is 0 Å². The van der Waals surface area contributed by atoms with Crippen molar-refractivity contribution in [3.8, 4) is 11.5 Å². The Labute approximate surface area is 175 Å². The summed E-state index contributed by atoms with van der Waals surface area (Å²) in [4.78, 5) is 13.4. The highest BCUT2D eigenvalue weighted by atomic mass is 16.5. The second-order valence-electron chi connectivity index (χ2n) is 7.69. The van der Waals surface area contributed by atoms with E-state index in [1.807, 2.05) is 36.4 Å². The Hall–Kier alpha value is -3.31. The first-order valence-corrected chi connectivity index (χ1v) is 9.97. The van der Waals surface area contributed by atoms with Gasteiger partial charge >= 0.3 is 5.63 Å². The predicted octanol–water partition coefficient (Wildman–Crippen LogP) is 3.49.